The highest BCUT2D eigenvalue weighted by Crippen LogP contribution is 2.10. The molecule has 0 bridgehead atoms. The first-order valence-electron chi connectivity index (χ1n) is 5.50. The van der Waals surface area contributed by atoms with Crippen molar-refractivity contribution in [1.29, 1.82) is 0 Å². The van der Waals surface area contributed by atoms with Gasteiger partial charge >= 0.3 is 0 Å². The molecule has 0 saturated carbocycles. The van der Waals surface area contributed by atoms with Gasteiger partial charge in [0.2, 0.25) is 0 Å². The van der Waals surface area contributed by atoms with Gasteiger partial charge in [-0.05, 0) is 19.9 Å². The molecule has 2 heterocycles. The van der Waals surface area contributed by atoms with Gasteiger partial charge in [0.05, 0.1) is 17.8 Å². The van der Waals surface area contributed by atoms with Crippen molar-refractivity contribution < 1.29 is 9.18 Å². The Morgan fingerprint density at radius 3 is 2.89 bits per heavy atom. The van der Waals surface area contributed by atoms with Crippen LogP contribution in [0.3, 0.4) is 0 Å². The van der Waals surface area contributed by atoms with E-state index in [1.54, 1.807) is 13.1 Å². The number of halogens is 1. The highest BCUT2D eigenvalue weighted by atomic mass is 19.1. The Bertz CT molecular complexity index is 567. The van der Waals surface area contributed by atoms with E-state index in [4.69, 9.17) is 0 Å². The van der Waals surface area contributed by atoms with Crippen LogP contribution in [0.1, 0.15) is 34.8 Å². The zero-order valence-corrected chi connectivity index (χ0v) is 10.1. The molecule has 0 fully saturated rings. The van der Waals surface area contributed by atoms with Gasteiger partial charge in [-0.25, -0.2) is 9.37 Å². The summed E-state index contributed by atoms with van der Waals surface area (Å²) in [5.41, 5.74) is 0.876. The van der Waals surface area contributed by atoms with Crippen molar-refractivity contribution in [3.05, 3.63) is 47.6 Å². The van der Waals surface area contributed by atoms with Crippen molar-refractivity contribution in [2.24, 2.45) is 0 Å². The first-order valence-corrected chi connectivity index (χ1v) is 5.50. The monoisotopic (exact) mass is 248 g/mol. The minimum absolute atomic E-state index is 0.0277. The first-order chi connectivity index (χ1) is 8.58. The molecular formula is C12H13FN4O. The number of hydrogen-bond acceptors (Lipinski definition) is 3. The number of pyridine rings is 1. The normalized spacial score (nSPS) is 12.2. The summed E-state index contributed by atoms with van der Waals surface area (Å²) < 4.78 is 13.4. The molecule has 6 heteroatoms. The molecule has 0 radical (unpaired) electrons. The predicted molar refractivity (Wildman–Crippen MR) is 63.4 cm³/mol. The fourth-order valence-corrected chi connectivity index (χ4v) is 1.56. The van der Waals surface area contributed by atoms with Crippen molar-refractivity contribution >= 4 is 5.91 Å². The van der Waals surface area contributed by atoms with Crippen LogP contribution in [0.2, 0.25) is 0 Å². The number of rotatable bonds is 3. The van der Waals surface area contributed by atoms with Crippen molar-refractivity contribution in [2.45, 2.75) is 19.9 Å². The van der Waals surface area contributed by atoms with E-state index in [2.05, 4.69) is 20.3 Å². The summed E-state index contributed by atoms with van der Waals surface area (Å²) in [6, 6.07) is 1.02. The number of hydrogen-bond donors (Lipinski definition) is 2. The van der Waals surface area contributed by atoms with Crippen LogP contribution in [0.25, 0.3) is 0 Å². The minimum Gasteiger partial charge on any atom is -0.344 e. The number of aromatic nitrogens is 3. The Morgan fingerprint density at radius 2 is 2.28 bits per heavy atom. The van der Waals surface area contributed by atoms with Crippen molar-refractivity contribution in [3.8, 4) is 0 Å². The molecule has 0 aliphatic rings. The molecule has 2 rings (SSSR count). The summed E-state index contributed by atoms with van der Waals surface area (Å²) in [4.78, 5) is 22.6. The lowest BCUT2D eigenvalue weighted by Crippen LogP contribution is -2.28. The highest BCUT2D eigenvalue weighted by Gasteiger charge is 2.16. The van der Waals surface area contributed by atoms with Crippen LogP contribution >= 0.6 is 0 Å². The van der Waals surface area contributed by atoms with E-state index < -0.39 is 11.7 Å². The molecule has 2 N–H and O–H groups in total. The van der Waals surface area contributed by atoms with Crippen LogP contribution in [-0.4, -0.2) is 20.9 Å². The second-order valence-corrected chi connectivity index (χ2v) is 4.00. The number of carbonyl (C=O) groups is 1. The van der Waals surface area contributed by atoms with Gasteiger partial charge in [0.15, 0.2) is 5.82 Å². The topological polar surface area (TPSA) is 70.7 Å². The number of amides is 1. The SMILES string of the molecule is Cc1cnc([C@@H](C)NC(=O)c2ccncc2F)[nH]1. The number of nitrogens with zero attached hydrogens (tertiary/aromatic N) is 2. The Balaban J connectivity index is 2.10. The Hall–Kier alpha value is -2.24. The van der Waals surface area contributed by atoms with Crippen LogP contribution < -0.4 is 5.32 Å². The molecule has 0 spiro atoms. The zero-order chi connectivity index (χ0) is 13.1. The Morgan fingerprint density at radius 1 is 1.50 bits per heavy atom. The van der Waals surface area contributed by atoms with Gasteiger partial charge in [-0.1, -0.05) is 0 Å². The smallest absolute Gasteiger partial charge is 0.254 e. The third kappa shape index (κ3) is 2.53. The second kappa shape index (κ2) is 4.95. The van der Waals surface area contributed by atoms with E-state index in [0.717, 1.165) is 11.9 Å². The van der Waals surface area contributed by atoms with E-state index in [-0.39, 0.29) is 11.6 Å². The lowest BCUT2D eigenvalue weighted by Gasteiger charge is -2.11. The van der Waals surface area contributed by atoms with Gasteiger partial charge in [-0.2, -0.15) is 0 Å². The lowest BCUT2D eigenvalue weighted by atomic mass is 10.2. The van der Waals surface area contributed by atoms with Gasteiger partial charge in [-0.3, -0.25) is 9.78 Å². The molecule has 1 atom stereocenters. The predicted octanol–water partition coefficient (Wildman–Crippen LogP) is 1.74. The third-order valence-corrected chi connectivity index (χ3v) is 2.50. The number of nitrogens with one attached hydrogen (secondary N) is 2. The maximum absolute atomic E-state index is 13.4. The minimum atomic E-state index is -0.641. The molecule has 0 saturated heterocycles. The number of aromatic amines is 1. The van der Waals surface area contributed by atoms with E-state index in [0.29, 0.717) is 5.82 Å². The number of imidazole rings is 1. The van der Waals surface area contributed by atoms with Crippen LogP contribution in [0, 0.1) is 12.7 Å². The third-order valence-electron chi connectivity index (χ3n) is 2.50. The van der Waals surface area contributed by atoms with Gasteiger partial charge in [0.1, 0.15) is 5.82 Å². The van der Waals surface area contributed by atoms with Gasteiger partial charge in [0, 0.05) is 18.1 Å². The van der Waals surface area contributed by atoms with Gasteiger partial charge in [-0.15, -0.1) is 0 Å². The largest absolute Gasteiger partial charge is 0.344 e. The quantitative estimate of drug-likeness (QED) is 0.869. The Labute approximate surface area is 103 Å². The summed E-state index contributed by atoms with van der Waals surface area (Å²) in [5, 5.41) is 2.67. The van der Waals surface area contributed by atoms with Crippen LogP contribution in [-0.2, 0) is 0 Å². The standard InChI is InChI=1S/C12H13FN4O/c1-7-5-15-11(16-7)8(2)17-12(18)9-3-4-14-6-10(9)13/h3-6,8H,1-2H3,(H,15,16)(H,17,18)/t8-/m1/s1. The molecule has 2 aromatic heterocycles. The van der Waals surface area contributed by atoms with Crippen molar-refractivity contribution in [1.82, 2.24) is 20.3 Å². The molecule has 0 aliphatic carbocycles. The number of H-pyrrole nitrogens is 1. The molecule has 94 valence electrons. The fourth-order valence-electron chi connectivity index (χ4n) is 1.56. The number of carbonyl (C=O) groups excluding carboxylic acids is 1. The summed E-state index contributed by atoms with van der Waals surface area (Å²) in [5.74, 6) is -0.496. The van der Waals surface area contributed by atoms with Crippen molar-refractivity contribution in [2.75, 3.05) is 0 Å². The molecule has 2 aromatic rings. The van der Waals surface area contributed by atoms with Gasteiger partial charge in [0.25, 0.3) is 5.91 Å². The van der Waals surface area contributed by atoms with E-state index in [9.17, 15) is 9.18 Å². The first kappa shape index (κ1) is 12.2. The zero-order valence-electron chi connectivity index (χ0n) is 10.1. The highest BCUT2D eigenvalue weighted by molar-refractivity contribution is 5.94. The summed E-state index contributed by atoms with van der Waals surface area (Å²) in [6.07, 6.45) is 4.06. The second-order valence-electron chi connectivity index (χ2n) is 4.00. The fraction of sp³-hybridized carbons (Fsp3) is 0.250. The summed E-state index contributed by atoms with van der Waals surface area (Å²) >= 11 is 0. The lowest BCUT2D eigenvalue weighted by molar-refractivity contribution is 0.0934. The molecule has 1 amide bonds. The average molecular weight is 248 g/mol. The van der Waals surface area contributed by atoms with Crippen LogP contribution in [0.15, 0.2) is 24.7 Å². The number of aryl methyl sites for hydroxylation is 1. The van der Waals surface area contributed by atoms with E-state index >= 15 is 0 Å². The molecule has 0 aromatic carbocycles. The average Bonchev–Trinajstić information content (AvgIpc) is 2.76. The maximum atomic E-state index is 13.4. The Kier molecular flexibility index (Phi) is 3.36. The molecule has 0 unspecified atom stereocenters. The molecular weight excluding hydrogens is 235 g/mol. The summed E-state index contributed by atoms with van der Waals surface area (Å²) in [7, 11) is 0. The molecule has 18 heavy (non-hydrogen) atoms. The van der Waals surface area contributed by atoms with Crippen LogP contribution in [0.4, 0.5) is 4.39 Å². The maximum Gasteiger partial charge on any atom is 0.254 e. The van der Waals surface area contributed by atoms with Crippen LogP contribution in [0.5, 0.6) is 0 Å². The van der Waals surface area contributed by atoms with E-state index in [1.807, 2.05) is 6.92 Å². The van der Waals surface area contributed by atoms with E-state index in [1.165, 1.54) is 12.3 Å². The summed E-state index contributed by atoms with van der Waals surface area (Å²) in [6.45, 7) is 3.64. The van der Waals surface area contributed by atoms with Crippen molar-refractivity contribution in [3.63, 3.8) is 0 Å². The molecule has 0 aliphatic heterocycles. The molecule has 5 nitrogen and oxygen atoms in total. The van der Waals surface area contributed by atoms with Gasteiger partial charge < -0.3 is 10.3 Å².